The fraction of sp³-hybridized carbons (Fsp3) is 0.562. The van der Waals surface area contributed by atoms with E-state index in [0.29, 0.717) is 19.4 Å². The number of rotatable bonds is 9. The van der Waals surface area contributed by atoms with E-state index in [0.717, 1.165) is 19.4 Å². The van der Waals surface area contributed by atoms with Crippen LogP contribution in [-0.2, 0) is 0 Å². The SMILES string of the molecule is CCCNC(C#N)(CC)CCCOc1ccccc1F. The Balaban J connectivity index is 2.42. The monoisotopic (exact) mass is 278 g/mol. The summed E-state index contributed by atoms with van der Waals surface area (Å²) in [5.74, 6) is -0.0771. The van der Waals surface area contributed by atoms with Crippen LogP contribution in [0.3, 0.4) is 0 Å². The van der Waals surface area contributed by atoms with Crippen LogP contribution in [-0.4, -0.2) is 18.7 Å². The number of nitrogens with one attached hydrogen (secondary N) is 1. The molecule has 0 saturated carbocycles. The Bertz CT molecular complexity index is 444. The maximum absolute atomic E-state index is 13.4. The van der Waals surface area contributed by atoms with Crippen LogP contribution >= 0.6 is 0 Å². The van der Waals surface area contributed by atoms with Gasteiger partial charge in [-0.3, -0.25) is 5.32 Å². The molecule has 0 amide bonds. The highest BCUT2D eigenvalue weighted by Gasteiger charge is 2.26. The molecule has 1 aromatic carbocycles. The minimum atomic E-state index is -0.491. The second-order valence-corrected chi connectivity index (χ2v) is 4.86. The molecule has 0 fully saturated rings. The van der Waals surface area contributed by atoms with E-state index in [1.165, 1.54) is 6.07 Å². The molecule has 1 unspecified atom stereocenters. The minimum absolute atomic E-state index is 0.271. The molecule has 4 heteroatoms. The maximum Gasteiger partial charge on any atom is 0.165 e. The van der Waals surface area contributed by atoms with Gasteiger partial charge in [0, 0.05) is 0 Å². The van der Waals surface area contributed by atoms with Gasteiger partial charge >= 0.3 is 0 Å². The predicted octanol–water partition coefficient (Wildman–Crippen LogP) is 3.66. The first-order chi connectivity index (χ1) is 9.67. The number of nitrogens with zero attached hydrogens (tertiary/aromatic N) is 1. The van der Waals surface area contributed by atoms with Crippen molar-refractivity contribution in [3.8, 4) is 11.8 Å². The van der Waals surface area contributed by atoms with Crippen molar-refractivity contribution >= 4 is 0 Å². The van der Waals surface area contributed by atoms with Crippen LogP contribution in [0.15, 0.2) is 24.3 Å². The second-order valence-electron chi connectivity index (χ2n) is 4.86. The molecule has 0 saturated heterocycles. The lowest BCUT2D eigenvalue weighted by Crippen LogP contribution is -2.44. The average molecular weight is 278 g/mol. The van der Waals surface area contributed by atoms with Gasteiger partial charge in [-0.15, -0.1) is 0 Å². The van der Waals surface area contributed by atoms with E-state index in [-0.39, 0.29) is 11.6 Å². The fourth-order valence-corrected chi connectivity index (χ4v) is 2.05. The molecule has 0 aliphatic carbocycles. The number of benzene rings is 1. The minimum Gasteiger partial charge on any atom is -0.491 e. The third kappa shape index (κ3) is 4.82. The zero-order chi connectivity index (χ0) is 14.8. The van der Waals surface area contributed by atoms with Crippen molar-refractivity contribution in [2.24, 2.45) is 0 Å². The third-order valence-corrected chi connectivity index (χ3v) is 3.37. The summed E-state index contributed by atoms with van der Waals surface area (Å²) >= 11 is 0. The predicted molar refractivity (Wildman–Crippen MR) is 78.1 cm³/mol. The molecule has 1 aromatic rings. The lowest BCUT2D eigenvalue weighted by Gasteiger charge is -2.26. The highest BCUT2D eigenvalue weighted by atomic mass is 19.1. The quantitative estimate of drug-likeness (QED) is 0.701. The van der Waals surface area contributed by atoms with Gasteiger partial charge in [0.05, 0.1) is 12.7 Å². The van der Waals surface area contributed by atoms with Crippen molar-refractivity contribution < 1.29 is 9.13 Å². The van der Waals surface area contributed by atoms with Crippen LogP contribution in [0.25, 0.3) is 0 Å². The molecule has 0 aromatic heterocycles. The Kier molecular flexibility index (Phi) is 7.03. The normalized spacial score (nSPS) is 13.5. The Morgan fingerprint density at radius 1 is 1.35 bits per heavy atom. The van der Waals surface area contributed by atoms with E-state index in [9.17, 15) is 9.65 Å². The standard InChI is InChI=1S/C16H23FN2O/c1-3-11-19-16(4-2,13-18)10-7-12-20-15-9-6-5-8-14(15)17/h5-6,8-9,19H,3-4,7,10-12H2,1-2H3. The van der Waals surface area contributed by atoms with E-state index < -0.39 is 5.54 Å². The zero-order valence-corrected chi connectivity index (χ0v) is 12.3. The van der Waals surface area contributed by atoms with Crippen molar-refractivity contribution in [1.82, 2.24) is 5.32 Å². The van der Waals surface area contributed by atoms with Gasteiger partial charge in [-0.2, -0.15) is 5.26 Å². The van der Waals surface area contributed by atoms with Crippen molar-refractivity contribution in [2.45, 2.75) is 45.1 Å². The average Bonchev–Trinajstić information content (AvgIpc) is 2.49. The van der Waals surface area contributed by atoms with Crippen LogP contribution in [0.4, 0.5) is 4.39 Å². The summed E-state index contributed by atoms with van der Waals surface area (Å²) in [6.45, 7) is 5.32. The van der Waals surface area contributed by atoms with E-state index in [4.69, 9.17) is 4.74 Å². The molecular formula is C16H23FN2O. The molecule has 20 heavy (non-hydrogen) atoms. The largest absolute Gasteiger partial charge is 0.491 e. The van der Waals surface area contributed by atoms with Gasteiger partial charge in [0.25, 0.3) is 0 Å². The van der Waals surface area contributed by atoms with E-state index in [2.05, 4.69) is 18.3 Å². The van der Waals surface area contributed by atoms with Gasteiger partial charge in [0.1, 0.15) is 5.54 Å². The van der Waals surface area contributed by atoms with Crippen molar-refractivity contribution in [3.05, 3.63) is 30.1 Å². The first-order valence-corrected chi connectivity index (χ1v) is 7.21. The molecule has 0 bridgehead atoms. The fourth-order valence-electron chi connectivity index (χ4n) is 2.05. The molecule has 0 radical (unpaired) electrons. The lowest BCUT2D eigenvalue weighted by atomic mass is 9.92. The van der Waals surface area contributed by atoms with E-state index in [1.807, 2.05) is 6.92 Å². The number of para-hydroxylation sites is 1. The molecule has 0 aliphatic heterocycles. The topological polar surface area (TPSA) is 45.0 Å². The Labute approximate surface area is 120 Å². The smallest absolute Gasteiger partial charge is 0.165 e. The Hall–Kier alpha value is -1.60. The molecule has 0 aliphatic rings. The zero-order valence-electron chi connectivity index (χ0n) is 12.3. The van der Waals surface area contributed by atoms with Crippen LogP contribution in [0.2, 0.25) is 0 Å². The van der Waals surface area contributed by atoms with Gasteiger partial charge in [0.2, 0.25) is 0 Å². The van der Waals surface area contributed by atoms with Crippen LogP contribution in [0.5, 0.6) is 5.75 Å². The van der Waals surface area contributed by atoms with Gasteiger partial charge in [-0.1, -0.05) is 26.0 Å². The maximum atomic E-state index is 13.4. The summed E-state index contributed by atoms with van der Waals surface area (Å²) in [5.41, 5.74) is -0.491. The molecule has 1 atom stereocenters. The molecule has 110 valence electrons. The molecule has 1 rings (SSSR count). The van der Waals surface area contributed by atoms with Crippen molar-refractivity contribution in [1.29, 1.82) is 5.26 Å². The van der Waals surface area contributed by atoms with Crippen LogP contribution < -0.4 is 10.1 Å². The summed E-state index contributed by atoms with van der Waals surface area (Å²) in [7, 11) is 0. The molecule has 0 spiro atoms. The Morgan fingerprint density at radius 2 is 2.10 bits per heavy atom. The van der Waals surface area contributed by atoms with E-state index >= 15 is 0 Å². The number of ether oxygens (including phenoxy) is 1. The van der Waals surface area contributed by atoms with Gasteiger partial charge in [0.15, 0.2) is 11.6 Å². The first-order valence-electron chi connectivity index (χ1n) is 7.21. The van der Waals surface area contributed by atoms with Crippen molar-refractivity contribution in [3.63, 3.8) is 0 Å². The van der Waals surface area contributed by atoms with Gasteiger partial charge in [-0.25, -0.2) is 4.39 Å². The van der Waals surface area contributed by atoms with Gasteiger partial charge < -0.3 is 4.74 Å². The highest BCUT2D eigenvalue weighted by Crippen LogP contribution is 2.19. The molecular weight excluding hydrogens is 255 g/mol. The summed E-state index contributed by atoms with van der Waals surface area (Å²) in [6, 6.07) is 8.74. The van der Waals surface area contributed by atoms with Gasteiger partial charge in [-0.05, 0) is 44.4 Å². The molecule has 0 heterocycles. The van der Waals surface area contributed by atoms with E-state index in [1.54, 1.807) is 18.2 Å². The summed E-state index contributed by atoms with van der Waals surface area (Å²) in [4.78, 5) is 0. The van der Waals surface area contributed by atoms with Crippen LogP contribution in [0.1, 0.15) is 39.5 Å². The number of hydrogen-bond donors (Lipinski definition) is 1. The second kappa shape index (κ2) is 8.55. The summed E-state index contributed by atoms with van der Waals surface area (Å²) in [5, 5.41) is 12.7. The number of nitriles is 1. The molecule has 1 N–H and O–H groups in total. The lowest BCUT2D eigenvalue weighted by molar-refractivity contribution is 0.267. The summed E-state index contributed by atoms with van der Waals surface area (Å²) in [6.07, 6.45) is 3.17. The number of hydrogen-bond acceptors (Lipinski definition) is 3. The molecule has 3 nitrogen and oxygen atoms in total. The summed E-state index contributed by atoms with van der Waals surface area (Å²) < 4.78 is 18.8. The third-order valence-electron chi connectivity index (χ3n) is 3.37. The van der Waals surface area contributed by atoms with Crippen molar-refractivity contribution in [2.75, 3.05) is 13.2 Å². The highest BCUT2D eigenvalue weighted by molar-refractivity contribution is 5.23. The van der Waals surface area contributed by atoms with Crippen LogP contribution in [0, 0.1) is 17.1 Å². The Morgan fingerprint density at radius 3 is 2.70 bits per heavy atom. The first kappa shape index (κ1) is 16.5. The number of halogens is 1.